The Morgan fingerprint density at radius 3 is 2.21 bits per heavy atom. The number of para-hydroxylation sites is 1. The van der Waals surface area contributed by atoms with Crippen molar-refractivity contribution in [3.05, 3.63) is 30.3 Å². The fourth-order valence-electron chi connectivity index (χ4n) is 1.41. The van der Waals surface area contributed by atoms with Crippen LogP contribution in [-0.4, -0.2) is 5.54 Å². The van der Waals surface area contributed by atoms with Crippen LogP contribution in [0.3, 0.4) is 0 Å². The highest BCUT2D eigenvalue weighted by molar-refractivity contribution is 5.47. The summed E-state index contributed by atoms with van der Waals surface area (Å²) in [5.41, 5.74) is 0.596. The van der Waals surface area contributed by atoms with E-state index in [1.807, 2.05) is 44.2 Å². The molecule has 74 valence electrons. The predicted molar refractivity (Wildman–Crippen MR) is 59.0 cm³/mol. The summed E-state index contributed by atoms with van der Waals surface area (Å²) in [5, 5.41) is 12.4. The zero-order chi connectivity index (χ0) is 10.4. The molecule has 0 unspecified atom stereocenters. The standard InChI is InChI=1S/C12H16N2/c1-3-12(4-2,10-13)14-11-8-6-5-7-9-11/h5-9,14H,3-4H2,1-2H3. The van der Waals surface area contributed by atoms with Crippen LogP contribution in [0.5, 0.6) is 0 Å². The third-order valence-electron chi connectivity index (χ3n) is 2.58. The Labute approximate surface area is 85.6 Å². The average Bonchev–Trinajstić information content (AvgIpc) is 2.28. The topological polar surface area (TPSA) is 35.8 Å². The van der Waals surface area contributed by atoms with Crippen molar-refractivity contribution in [3.8, 4) is 6.07 Å². The first-order valence-corrected chi connectivity index (χ1v) is 5.01. The zero-order valence-electron chi connectivity index (χ0n) is 8.75. The lowest BCUT2D eigenvalue weighted by Crippen LogP contribution is -2.34. The SMILES string of the molecule is CCC(C#N)(CC)Nc1ccccc1. The van der Waals surface area contributed by atoms with Gasteiger partial charge in [0.25, 0.3) is 0 Å². The van der Waals surface area contributed by atoms with Gasteiger partial charge in [0.15, 0.2) is 0 Å². The number of hydrogen-bond donors (Lipinski definition) is 1. The molecular weight excluding hydrogens is 172 g/mol. The van der Waals surface area contributed by atoms with Crippen molar-refractivity contribution in [2.24, 2.45) is 0 Å². The summed E-state index contributed by atoms with van der Waals surface area (Å²) in [6.07, 6.45) is 1.63. The Balaban J connectivity index is 2.81. The van der Waals surface area contributed by atoms with Gasteiger partial charge in [-0.2, -0.15) is 5.26 Å². The molecule has 1 aromatic carbocycles. The van der Waals surface area contributed by atoms with Crippen molar-refractivity contribution in [1.82, 2.24) is 0 Å². The maximum atomic E-state index is 9.13. The summed E-state index contributed by atoms with van der Waals surface area (Å²) in [6.45, 7) is 4.06. The number of anilines is 1. The number of benzene rings is 1. The number of nitrogens with zero attached hydrogens (tertiary/aromatic N) is 1. The largest absolute Gasteiger partial charge is 0.367 e. The van der Waals surface area contributed by atoms with Crippen molar-refractivity contribution in [1.29, 1.82) is 5.26 Å². The molecule has 0 aliphatic carbocycles. The van der Waals surface area contributed by atoms with Crippen molar-refractivity contribution >= 4 is 5.69 Å². The smallest absolute Gasteiger partial charge is 0.124 e. The molecule has 0 aliphatic heterocycles. The van der Waals surface area contributed by atoms with E-state index in [1.165, 1.54) is 0 Å². The average molecular weight is 188 g/mol. The van der Waals surface area contributed by atoms with Gasteiger partial charge in [-0.25, -0.2) is 0 Å². The van der Waals surface area contributed by atoms with E-state index in [0.717, 1.165) is 18.5 Å². The van der Waals surface area contributed by atoms with Crippen LogP contribution in [0.2, 0.25) is 0 Å². The first-order chi connectivity index (χ1) is 6.76. The van der Waals surface area contributed by atoms with Gasteiger partial charge in [0.2, 0.25) is 0 Å². The van der Waals surface area contributed by atoms with E-state index in [-0.39, 0.29) is 0 Å². The van der Waals surface area contributed by atoms with E-state index < -0.39 is 5.54 Å². The van der Waals surface area contributed by atoms with E-state index in [4.69, 9.17) is 5.26 Å². The maximum absolute atomic E-state index is 9.13. The first-order valence-electron chi connectivity index (χ1n) is 5.01. The fraction of sp³-hybridized carbons (Fsp3) is 0.417. The summed E-state index contributed by atoms with van der Waals surface area (Å²) >= 11 is 0. The number of nitriles is 1. The van der Waals surface area contributed by atoms with Crippen LogP contribution >= 0.6 is 0 Å². The maximum Gasteiger partial charge on any atom is 0.124 e. The molecule has 0 aromatic heterocycles. The summed E-state index contributed by atoms with van der Waals surface area (Å²) < 4.78 is 0. The molecule has 0 atom stereocenters. The van der Waals surface area contributed by atoms with Gasteiger partial charge in [0, 0.05) is 5.69 Å². The second-order valence-electron chi connectivity index (χ2n) is 3.39. The molecule has 0 amide bonds. The molecule has 14 heavy (non-hydrogen) atoms. The van der Waals surface area contributed by atoms with Crippen molar-refractivity contribution in [3.63, 3.8) is 0 Å². The Hall–Kier alpha value is -1.49. The second kappa shape index (κ2) is 4.66. The monoisotopic (exact) mass is 188 g/mol. The van der Waals surface area contributed by atoms with Gasteiger partial charge >= 0.3 is 0 Å². The van der Waals surface area contributed by atoms with E-state index in [9.17, 15) is 0 Å². The molecule has 0 radical (unpaired) electrons. The van der Waals surface area contributed by atoms with Gasteiger partial charge in [-0.3, -0.25) is 0 Å². The molecule has 0 aliphatic rings. The van der Waals surface area contributed by atoms with Crippen LogP contribution < -0.4 is 5.32 Å². The summed E-state index contributed by atoms with van der Waals surface area (Å²) in [5.74, 6) is 0. The molecular formula is C12H16N2. The second-order valence-corrected chi connectivity index (χ2v) is 3.39. The normalized spacial score (nSPS) is 10.6. The van der Waals surface area contributed by atoms with Crippen LogP contribution in [0.25, 0.3) is 0 Å². The van der Waals surface area contributed by atoms with Gasteiger partial charge in [-0.05, 0) is 25.0 Å². The number of nitrogens with one attached hydrogen (secondary N) is 1. The number of rotatable bonds is 4. The molecule has 0 saturated heterocycles. The van der Waals surface area contributed by atoms with E-state index in [1.54, 1.807) is 0 Å². The third kappa shape index (κ3) is 2.26. The number of hydrogen-bond acceptors (Lipinski definition) is 2. The Morgan fingerprint density at radius 1 is 1.21 bits per heavy atom. The molecule has 0 fully saturated rings. The highest BCUT2D eigenvalue weighted by atomic mass is 15.0. The fourth-order valence-corrected chi connectivity index (χ4v) is 1.41. The minimum Gasteiger partial charge on any atom is -0.367 e. The lowest BCUT2D eigenvalue weighted by atomic mass is 9.94. The summed E-state index contributed by atoms with van der Waals surface area (Å²) in [6, 6.07) is 12.2. The lowest BCUT2D eigenvalue weighted by molar-refractivity contribution is 0.548. The molecule has 2 heteroatoms. The Kier molecular flexibility index (Phi) is 3.53. The van der Waals surface area contributed by atoms with Crippen molar-refractivity contribution in [2.75, 3.05) is 5.32 Å². The molecule has 0 saturated carbocycles. The van der Waals surface area contributed by atoms with Gasteiger partial charge in [-0.15, -0.1) is 0 Å². The molecule has 1 N–H and O–H groups in total. The summed E-state index contributed by atoms with van der Waals surface area (Å²) in [7, 11) is 0. The molecule has 0 spiro atoms. The first kappa shape index (κ1) is 10.6. The highest BCUT2D eigenvalue weighted by Crippen LogP contribution is 2.20. The Morgan fingerprint density at radius 2 is 1.79 bits per heavy atom. The van der Waals surface area contributed by atoms with E-state index >= 15 is 0 Å². The minimum atomic E-state index is -0.415. The van der Waals surface area contributed by atoms with Crippen molar-refractivity contribution in [2.45, 2.75) is 32.2 Å². The molecule has 0 bridgehead atoms. The third-order valence-corrected chi connectivity index (χ3v) is 2.58. The Bertz CT molecular complexity index is 307. The molecule has 0 heterocycles. The molecule has 2 nitrogen and oxygen atoms in total. The van der Waals surface area contributed by atoms with Gasteiger partial charge in [0.05, 0.1) is 6.07 Å². The predicted octanol–water partition coefficient (Wildman–Crippen LogP) is 3.18. The van der Waals surface area contributed by atoms with Crippen molar-refractivity contribution < 1.29 is 0 Å². The van der Waals surface area contributed by atoms with E-state index in [0.29, 0.717) is 0 Å². The van der Waals surface area contributed by atoms with Crippen LogP contribution in [0.4, 0.5) is 5.69 Å². The van der Waals surface area contributed by atoms with Gasteiger partial charge in [-0.1, -0.05) is 32.0 Å². The lowest BCUT2D eigenvalue weighted by Gasteiger charge is -2.26. The minimum absolute atomic E-state index is 0.415. The van der Waals surface area contributed by atoms with E-state index in [2.05, 4.69) is 11.4 Å². The van der Waals surface area contributed by atoms with Crippen LogP contribution in [0, 0.1) is 11.3 Å². The van der Waals surface area contributed by atoms with Crippen LogP contribution in [0.15, 0.2) is 30.3 Å². The van der Waals surface area contributed by atoms with Crippen LogP contribution in [0.1, 0.15) is 26.7 Å². The molecule has 1 aromatic rings. The quantitative estimate of drug-likeness (QED) is 0.787. The summed E-state index contributed by atoms with van der Waals surface area (Å²) in [4.78, 5) is 0. The molecule has 1 rings (SSSR count). The van der Waals surface area contributed by atoms with Gasteiger partial charge < -0.3 is 5.32 Å². The van der Waals surface area contributed by atoms with Gasteiger partial charge in [0.1, 0.15) is 5.54 Å². The highest BCUT2D eigenvalue weighted by Gasteiger charge is 2.24. The zero-order valence-corrected chi connectivity index (χ0v) is 8.75. The van der Waals surface area contributed by atoms with Crippen LogP contribution in [-0.2, 0) is 0 Å².